The van der Waals surface area contributed by atoms with E-state index in [2.05, 4.69) is 58.9 Å². The van der Waals surface area contributed by atoms with Crippen LogP contribution in [0.15, 0.2) is 43.0 Å². The molecule has 1 aromatic carbocycles. The summed E-state index contributed by atoms with van der Waals surface area (Å²) in [5, 5.41) is 0. The zero-order chi connectivity index (χ0) is 20.3. The van der Waals surface area contributed by atoms with Crippen LogP contribution in [-0.2, 0) is 11.3 Å². The number of nitrogens with one attached hydrogen (secondary N) is 1. The minimum atomic E-state index is 0.112. The molecule has 0 radical (unpaired) electrons. The summed E-state index contributed by atoms with van der Waals surface area (Å²) in [5.41, 5.74) is 2.89. The first kappa shape index (κ1) is 19.0. The minimum absolute atomic E-state index is 0.112. The summed E-state index contributed by atoms with van der Waals surface area (Å²) < 4.78 is 0. The van der Waals surface area contributed by atoms with Crippen molar-refractivity contribution < 1.29 is 4.79 Å². The van der Waals surface area contributed by atoms with Crippen molar-refractivity contribution in [3.8, 4) is 0 Å². The molecule has 0 atom stereocenters. The number of carbonyl (C=O) groups is 1. The van der Waals surface area contributed by atoms with Crippen LogP contribution in [0.1, 0.15) is 18.4 Å². The molecule has 3 aromatic rings. The van der Waals surface area contributed by atoms with Crippen LogP contribution in [0.4, 0.5) is 5.82 Å². The first-order valence-corrected chi connectivity index (χ1v) is 10.7. The quantitative estimate of drug-likeness (QED) is 0.714. The van der Waals surface area contributed by atoms with Gasteiger partial charge in [-0.25, -0.2) is 15.0 Å². The summed E-state index contributed by atoms with van der Waals surface area (Å²) in [6.45, 7) is 6.16. The Morgan fingerprint density at radius 3 is 2.50 bits per heavy atom. The fraction of sp³-hybridized carbons (Fsp3) is 0.455. The molecule has 2 aliphatic rings. The van der Waals surface area contributed by atoms with Crippen molar-refractivity contribution in [1.82, 2.24) is 29.7 Å². The van der Waals surface area contributed by atoms with Crippen LogP contribution in [0.25, 0.3) is 11.2 Å². The highest BCUT2D eigenvalue weighted by molar-refractivity contribution is 5.83. The highest BCUT2D eigenvalue weighted by Crippen LogP contribution is 2.27. The summed E-state index contributed by atoms with van der Waals surface area (Å²) in [4.78, 5) is 35.8. The second-order valence-electron chi connectivity index (χ2n) is 8.15. The number of anilines is 1. The number of nitrogens with zero attached hydrogens (tertiary/aromatic N) is 6. The van der Waals surface area contributed by atoms with E-state index in [1.165, 1.54) is 5.56 Å². The lowest BCUT2D eigenvalue weighted by Gasteiger charge is -2.38. The maximum absolute atomic E-state index is 13.1. The molecule has 0 saturated carbocycles. The minimum Gasteiger partial charge on any atom is -0.355 e. The molecule has 0 spiro atoms. The zero-order valence-electron chi connectivity index (χ0n) is 17.1. The van der Waals surface area contributed by atoms with Crippen LogP contribution in [0, 0.1) is 5.92 Å². The molecule has 0 unspecified atom stereocenters. The maximum atomic E-state index is 13.1. The third-order valence-electron chi connectivity index (χ3n) is 6.28. The Labute approximate surface area is 175 Å². The number of aromatic amines is 1. The van der Waals surface area contributed by atoms with Crippen LogP contribution in [0.3, 0.4) is 0 Å². The number of imidazole rings is 1. The van der Waals surface area contributed by atoms with Gasteiger partial charge in [-0.3, -0.25) is 9.69 Å². The monoisotopic (exact) mass is 405 g/mol. The first-order valence-electron chi connectivity index (χ1n) is 10.7. The topological polar surface area (TPSA) is 81.2 Å². The number of benzene rings is 1. The van der Waals surface area contributed by atoms with Gasteiger partial charge in [0.1, 0.15) is 11.8 Å². The van der Waals surface area contributed by atoms with E-state index < -0.39 is 0 Å². The van der Waals surface area contributed by atoms with Crippen LogP contribution in [0.2, 0.25) is 0 Å². The molecule has 0 aliphatic carbocycles. The number of hydrogen-bond acceptors (Lipinski definition) is 6. The second kappa shape index (κ2) is 8.39. The summed E-state index contributed by atoms with van der Waals surface area (Å²) in [5.74, 6) is 1.32. The van der Waals surface area contributed by atoms with Crippen molar-refractivity contribution in [2.45, 2.75) is 19.4 Å². The third kappa shape index (κ3) is 3.87. The van der Waals surface area contributed by atoms with E-state index in [0.717, 1.165) is 70.0 Å². The Kier molecular flexibility index (Phi) is 5.31. The van der Waals surface area contributed by atoms with Gasteiger partial charge in [0.2, 0.25) is 5.91 Å². The highest BCUT2D eigenvalue weighted by Gasteiger charge is 2.31. The number of rotatable bonds is 4. The largest absolute Gasteiger partial charge is 0.355 e. The van der Waals surface area contributed by atoms with Gasteiger partial charge < -0.3 is 14.8 Å². The van der Waals surface area contributed by atoms with Gasteiger partial charge >= 0.3 is 0 Å². The SMILES string of the molecule is O=C(C1CCN(c2ncnc3nc[nH]c23)CC1)N1CCN(Cc2ccccc2)CC1. The number of amides is 1. The average Bonchev–Trinajstić information content (AvgIpc) is 3.29. The Bertz CT molecular complexity index is 989. The molecule has 2 fully saturated rings. The van der Waals surface area contributed by atoms with Gasteiger partial charge in [-0.15, -0.1) is 0 Å². The van der Waals surface area contributed by atoms with Crippen molar-refractivity contribution in [2.75, 3.05) is 44.2 Å². The molecule has 2 aromatic heterocycles. The Morgan fingerprint density at radius 1 is 0.967 bits per heavy atom. The van der Waals surface area contributed by atoms with Crippen LogP contribution in [0.5, 0.6) is 0 Å². The lowest BCUT2D eigenvalue weighted by atomic mass is 9.95. The molecule has 0 bridgehead atoms. The molecule has 30 heavy (non-hydrogen) atoms. The van der Waals surface area contributed by atoms with Crippen molar-refractivity contribution in [3.63, 3.8) is 0 Å². The number of aromatic nitrogens is 4. The molecule has 156 valence electrons. The Morgan fingerprint density at radius 2 is 1.73 bits per heavy atom. The van der Waals surface area contributed by atoms with Gasteiger partial charge in [-0.1, -0.05) is 30.3 Å². The molecule has 5 rings (SSSR count). The van der Waals surface area contributed by atoms with Gasteiger partial charge in [0, 0.05) is 51.7 Å². The van der Waals surface area contributed by atoms with Crippen LogP contribution in [-0.4, -0.2) is 74.9 Å². The molecule has 2 aliphatic heterocycles. The van der Waals surface area contributed by atoms with Gasteiger partial charge in [0.05, 0.1) is 6.33 Å². The lowest BCUT2D eigenvalue weighted by Crippen LogP contribution is -2.51. The molecule has 8 nitrogen and oxygen atoms in total. The molecule has 4 heterocycles. The molecular weight excluding hydrogens is 378 g/mol. The van der Waals surface area contributed by atoms with E-state index in [1.807, 2.05) is 6.07 Å². The van der Waals surface area contributed by atoms with Crippen molar-refractivity contribution in [2.24, 2.45) is 5.92 Å². The molecule has 1 amide bonds. The van der Waals surface area contributed by atoms with Crippen molar-refractivity contribution in [3.05, 3.63) is 48.5 Å². The number of hydrogen-bond donors (Lipinski definition) is 1. The van der Waals surface area contributed by atoms with E-state index in [1.54, 1.807) is 12.7 Å². The third-order valence-corrected chi connectivity index (χ3v) is 6.28. The number of fused-ring (bicyclic) bond motifs is 1. The van der Waals surface area contributed by atoms with Crippen LogP contribution < -0.4 is 4.90 Å². The van der Waals surface area contributed by atoms with Crippen LogP contribution >= 0.6 is 0 Å². The summed E-state index contributed by atoms with van der Waals surface area (Å²) >= 11 is 0. The standard InChI is InChI=1S/C22H27N7O/c30-22(29-12-10-27(11-13-29)14-17-4-2-1-3-5-17)18-6-8-28(9-7-18)21-19-20(24-15-23-19)25-16-26-21/h1-5,15-16,18H,6-14H2,(H,23,24,25,26). The Balaban J connectivity index is 1.13. The van der Waals surface area contributed by atoms with E-state index in [9.17, 15) is 4.79 Å². The fourth-order valence-corrected chi connectivity index (χ4v) is 4.56. The summed E-state index contributed by atoms with van der Waals surface area (Å²) in [6, 6.07) is 10.5. The predicted molar refractivity (Wildman–Crippen MR) is 115 cm³/mol. The molecule has 8 heteroatoms. The zero-order valence-corrected chi connectivity index (χ0v) is 17.1. The Hall–Kier alpha value is -3.00. The lowest BCUT2D eigenvalue weighted by molar-refractivity contribution is -0.138. The normalized spacial score (nSPS) is 18.8. The van der Waals surface area contributed by atoms with Crippen molar-refractivity contribution in [1.29, 1.82) is 0 Å². The summed E-state index contributed by atoms with van der Waals surface area (Å²) in [7, 11) is 0. The number of piperazine rings is 1. The smallest absolute Gasteiger partial charge is 0.225 e. The molecule has 2 saturated heterocycles. The van der Waals surface area contributed by atoms with Gasteiger partial charge in [0.15, 0.2) is 11.5 Å². The van der Waals surface area contributed by atoms with E-state index >= 15 is 0 Å². The number of piperidine rings is 1. The fourth-order valence-electron chi connectivity index (χ4n) is 4.56. The predicted octanol–water partition coefficient (Wildman–Crippen LogP) is 1.91. The number of carbonyl (C=O) groups excluding carboxylic acids is 1. The van der Waals surface area contributed by atoms with Crippen molar-refractivity contribution >= 4 is 22.9 Å². The first-order chi connectivity index (χ1) is 14.8. The summed E-state index contributed by atoms with van der Waals surface area (Å²) in [6.07, 6.45) is 4.94. The van der Waals surface area contributed by atoms with E-state index in [0.29, 0.717) is 11.6 Å². The van der Waals surface area contributed by atoms with Gasteiger partial charge in [0.25, 0.3) is 0 Å². The maximum Gasteiger partial charge on any atom is 0.225 e. The highest BCUT2D eigenvalue weighted by atomic mass is 16.2. The van der Waals surface area contributed by atoms with Gasteiger partial charge in [-0.2, -0.15) is 0 Å². The van der Waals surface area contributed by atoms with E-state index in [-0.39, 0.29) is 5.92 Å². The van der Waals surface area contributed by atoms with E-state index in [4.69, 9.17) is 0 Å². The number of H-pyrrole nitrogens is 1. The molecular formula is C22H27N7O. The van der Waals surface area contributed by atoms with Gasteiger partial charge in [-0.05, 0) is 18.4 Å². The second-order valence-corrected chi connectivity index (χ2v) is 8.15. The molecule has 1 N–H and O–H groups in total. The average molecular weight is 406 g/mol.